The van der Waals surface area contributed by atoms with E-state index in [0.29, 0.717) is 37.5 Å². The van der Waals surface area contributed by atoms with Gasteiger partial charge in [0.15, 0.2) is 0 Å². The molecule has 0 aromatic heterocycles. The minimum absolute atomic E-state index is 0.0735. The van der Waals surface area contributed by atoms with E-state index < -0.39 is 0 Å². The zero-order chi connectivity index (χ0) is 18.3. The highest BCUT2D eigenvalue weighted by molar-refractivity contribution is 6.30. The van der Waals surface area contributed by atoms with Crippen molar-refractivity contribution < 1.29 is 14.4 Å². The molecule has 2 heterocycles. The zero-order valence-electron chi connectivity index (χ0n) is 14.2. The number of likely N-dealkylation sites (tertiary alicyclic amines) is 2. The second kappa shape index (κ2) is 6.76. The van der Waals surface area contributed by atoms with Gasteiger partial charge in [-0.3, -0.25) is 14.5 Å². The Morgan fingerprint density at radius 2 is 1.62 bits per heavy atom. The molecule has 0 saturated carbocycles. The van der Waals surface area contributed by atoms with Crippen molar-refractivity contribution in [1.82, 2.24) is 15.1 Å². The van der Waals surface area contributed by atoms with Gasteiger partial charge in [-0.25, -0.2) is 4.79 Å². The van der Waals surface area contributed by atoms with Gasteiger partial charge in [0.05, 0.1) is 17.9 Å². The molecule has 4 rings (SSSR count). The number of urea groups is 1. The molecular formula is C19H20ClN3O3. The fourth-order valence-electron chi connectivity index (χ4n) is 3.86. The average molecular weight is 374 g/mol. The molecule has 2 saturated heterocycles. The van der Waals surface area contributed by atoms with E-state index in [2.05, 4.69) is 5.32 Å². The van der Waals surface area contributed by atoms with Crippen LogP contribution in [0.2, 0.25) is 5.02 Å². The van der Waals surface area contributed by atoms with Crippen LogP contribution in [0.3, 0.4) is 0 Å². The minimum Gasteiger partial charge on any atom is -0.334 e. The van der Waals surface area contributed by atoms with Gasteiger partial charge in [0.1, 0.15) is 0 Å². The maximum Gasteiger partial charge on any atom is 0.317 e. The number of carbonyl (C=O) groups is 3. The van der Waals surface area contributed by atoms with E-state index in [-0.39, 0.29) is 35.7 Å². The molecule has 0 bridgehead atoms. The molecule has 0 radical (unpaired) electrons. The normalized spacial score (nSPS) is 25.3. The Labute approximate surface area is 156 Å². The zero-order valence-corrected chi connectivity index (χ0v) is 15.0. The van der Waals surface area contributed by atoms with Gasteiger partial charge in [-0.2, -0.15) is 0 Å². The predicted octanol–water partition coefficient (Wildman–Crippen LogP) is 2.19. The number of amides is 4. The van der Waals surface area contributed by atoms with Crippen molar-refractivity contribution in [1.29, 1.82) is 0 Å². The highest BCUT2D eigenvalue weighted by atomic mass is 35.5. The van der Waals surface area contributed by atoms with Crippen molar-refractivity contribution in [2.75, 3.05) is 13.1 Å². The number of imide groups is 1. The molecule has 0 unspecified atom stereocenters. The fourth-order valence-corrected chi connectivity index (χ4v) is 3.99. The standard InChI is InChI=1S/C19H20ClN3O3/c20-13-7-5-12(6-8-13)9-21-19(26)22-10-14(11-22)23-17(24)15-3-1-2-4-16(15)18(23)25/h1-2,5-8,14-16H,3-4,9-11H2,(H,21,26)/t15-,16-/m1/s1. The smallest absolute Gasteiger partial charge is 0.317 e. The lowest BCUT2D eigenvalue weighted by Gasteiger charge is -2.43. The molecule has 4 amide bonds. The highest BCUT2D eigenvalue weighted by Crippen LogP contribution is 2.37. The van der Waals surface area contributed by atoms with Crippen LogP contribution in [-0.2, 0) is 16.1 Å². The first kappa shape index (κ1) is 17.1. The lowest BCUT2D eigenvalue weighted by molar-refractivity contribution is -0.145. The number of allylic oxidation sites excluding steroid dienone is 2. The molecule has 1 aromatic rings. The molecule has 2 aliphatic heterocycles. The summed E-state index contributed by atoms with van der Waals surface area (Å²) in [7, 11) is 0. The molecule has 3 aliphatic rings. The predicted molar refractivity (Wildman–Crippen MR) is 96.3 cm³/mol. The number of hydrogen-bond acceptors (Lipinski definition) is 3. The van der Waals surface area contributed by atoms with Crippen LogP contribution in [0, 0.1) is 11.8 Å². The van der Waals surface area contributed by atoms with Crippen LogP contribution in [0.15, 0.2) is 36.4 Å². The number of carbonyl (C=O) groups excluding carboxylic acids is 3. The fraction of sp³-hybridized carbons (Fsp3) is 0.421. The lowest BCUT2D eigenvalue weighted by Crippen LogP contribution is -2.64. The van der Waals surface area contributed by atoms with Crippen LogP contribution in [0.4, 0.5) is 4.79 Å². The summed E-state index contributed by atoms with van der Waals surface area (Å²) in [6.07, 6.45) is 5.24. The second-order valence-electron chi connectivity index (χ2n) is 7.05. The van der Waals surface area contributed by atoms with Crippen molar-refractivity contribution in [2.45, 2.75) is 25.4 Å². The Hall–Kier alpha value is -2.34. The molecule has 26 heavy (non-hydrogen) atoms. The minimum atomic E-state index is -0.208. The van der Waals surface area contributed by atoms with Crippen molar-refractivity contribution >= 4 is 29.4 Å². The maximum atomic E-state index is 12.5. The summed E-state index contributed by atoms with van der Waals surface area (Å²) in [6.45, 7) is 1.21. The quantitative estimate of drug-likeness (QED) is 0.652. The number of hydrogen-bond donors (Lipinski definition) is 1. The first-order chi connectivity index (χ1) is 12.5. The van der Waals surface area contributed by atoms with E-state index in [1.54, 1.807) is 17.0 Å². The Balaban J connectivity index is 1.29. The number of fused-ring (bicyclic) bond motifs is 1. The van der Waals surface area contributed by atoms with E-state index >= 15 is 0 Å². The monoisotopic (exact) mass is 373 g/mol. The third kappa shape index (κ3) is 2.98. The van der Waals surface area contributed by atoms with Crippen molar-refractivity contribution in [3.63, 3.8) is 0 Å². The first-order valence-corrected chi connectivity index (χ1v) is 9.21. The summed E-state index contributed by atoms with van der Waals surface area (Å²) in [6, 6.07) is 6.90. The molecule has 1 N–H and O–H groups in total. The summed E-state index contributed by atoms with van der Waals surface area (Å²) in [5, 5.41) is 3.50. The van der Waals surface area contributed by atoms with Crippen molar-refractivity contribution in [3.8, 4) is 0 Å². The van der Waals surface area contributed by atoms with Gasteiger partial charge in [-0.1, -0.05) is 35.9 Å². The van der Waals surface area contributed by atoms with Gasteiger partial charge in [0, 0.05) is 24.7 Å². The van der Waals surface area contributed by atoms with Crippen LogP contribution in [0.25, 0.3) is 0 Å². The molecule has 1 aliphatic carbocycles. The molecule has 136 valence electrons. The van der Waals surface area contributed by atoms with Crippen LogP contribution >= 0.6 is 11.6 Å². The summed E-state index contributed by atoms with van der Waals surface area (Å²) in [4.78, 5) is 40.3. The van der Waals surface area contributed by atoms with Crippen LogP contribution in [-0.4, -0.2) is 46.8 Å². The van der Waals surface area contributed by atoms with Gasteiger partial charge in [-0.15, -0.1) is 0 Å². The van der Waals surface area contributed by atoms with Crippen LogP contribution in [0.5, 0.6) is 0 Å². The number of halogens is 1. The molecule has 7 heteroatoms. The third-order valence-corrected chi connectivity index (χ3v) is 5.67. The Morgan fingerprint density at radius 3 is 2.19 bits per heavy atom. The largest absolute Gasteiger partial charge is 0.334 e. The summed E-state index contributed by atoms with van der Waals surface area (Å²) in [5.41, 5.74) is 0.960. The topological polar surface area (TPSA) is 69.7 Å². The number of nitrogens with one attached hydrogen (secondary N) is 1. The summed E-state index contributed by atoms with van der Waals surface area (Å²) >= 11 is 5.84. The molecular weight excluding hydrogens is 354 g/mol. The van der Waals surface area contributed by atoms with Gasteiger partial charge < -0.3 is 10.2 Å². The molecule has 2 fully saturated rings. The first-order valence-electron chi connectivity index (χ1n) is 8.83. The van der Waals surface area contributed by atoms with Crippen LogP contribution < -0.4 is 5.32 Å². The van der Waals surface area contributed by atoms with Gasteiger partial charge in [0.25, 0.3) is 0 Å². The highest BCUT2D eigenvalue weighted by Gasteiger charge is 2.52. The average Bonchev–Trinajstić information content (AvgIpc) is 2.86. The summed E-state index contributed by atoms with van der Waals surface area (Å²) < 4.78 is 0. The Bertz CT molecular complexity index is 745. The molecule has 2 atom stereocenters. The second-order valence-corrected chi connectivity index (χ2v) is 7.48. The van der Waals surface area contributed by atoms with E-state index in [9.17, 15) is 14.4 Å². The molecule has 1 aromatic carbocycles. The van der Waals surface area contributed by atoms with Crippen molar-refractivity contribution in [2.24, 2.45) is 11.8 Å². The SMILES string of the molecule is O=C(NCc1ccc(Cl)cc1)N1CC(N2C(=O)[C@@H]3CC=CC[C@H]3C2=O)C1. The Kier molecular flexibility index (Phi) is 4.44. The molecule has 6 nitrogen and oxygen atoms in total. The number of benzene rings is 1. The van der Waals surface area contributed by atoms with E-state index in [1.165, 1.54) is 4.90 Å². The molecule has 0 spiro atoms. The van der Waals surface area contributed by atoms with E-state index in [1.807, 2.05) is 24.3 Å². The van der Waals surface area contributed by atoms with Gasteiger partial charge in [0.2, 0.25) is 11.8 Å². The van der Waals surface area contributed by atoms with E-state index in [0.717, 1.165) is 5.56 Å². The number of rotatable bonds is 3. The van der Waals surface area contributed by atoms with Gasteiger partial charge in [-0.05, 0) is 30.5 Å². The van der Waals surface area contributed by atoms with Crippen LogP contribution in [0.1, 0.15) is 18.4 Å². The van der Waals surface area contributed by atoms with E-state index in [4.69, 9.17) is 11.6 Å². The lowest BCUT2D eigenvalue weighted by atomic mass is 9.85. The third-order valence-electron chi connectivity index (χ3n) is 5.41. The van der Waals surface area contributed by atoms with Crippen molar-refractivity contribution in [3.05, 3.63) is 47.0 Å². The van der Waals surface area contributed by atoms with Gasteiger partial charge >= 0.3 is 6.03 Å². The summed E-state index contributed by atoms with van der Waals surface area (Å²) in [5.74, 6) is -0.563. The number of nitrogens with zero attached hydrogens (tertiary/aromatic N) is 2. The Morgan fingerprint density at radius 1 is 1.04 bits per heavy atom. The maximum absolute atomic E-state index is 12.5.